The fraction of sp³-hybridized carbons (Fsp3) is 0.625. The Morgan fingerprint density at radius 3 is 2.54 bits per heavy atom. The van der Waals surface area contributed by atoms with Crippen molar-refractivity contribution in [2.24, 2.45) is 11.8 Å². The molecule has 128 valence electrons. The van der Waals surface area contributed by atoms with Gasteiger partial charge in [-0.15, -0.1) is 15.3 Å². The summed E-state index contributed by atoms with van der Waals surface area (Å²) in [4.78, 5) is 16.3. The van der Waals surface area contributed by atoms with E-state index in [4.69, 9.17) is 4.74 Å². The van der Waals surface area contributed by atoms with Crippen LogP contribution in [-0.4, -0.2) is 62.6 Å². The van der Waals surface area contributed by atoms with Gasteiger partial charge >= 0.3 is 6.09 Å². The van der Waals surface area contributed by atoms with Crippen LogP contribution in [0.3, 0.4) is 0 Å². The van der Waals surface area contributed by atoms with Gasteiger partial charge in [-0.05, 0) is 32.9 Å². The monoisotopic (exact) mass is 330 g/mol. The molecule has 2 aliphatic rings. The quantitative estimate of drug-likeness (QED) is 0.787. The van der Waals surface area contributed by atoms with E-state index >= 15 is 0 Å². The predicted molar refractivity (Wildman–Crippen MR) is 87.8 cm³/mol. The molecule has 0 spiro atoms. The Balaban J connectivity index is 1.41. The summed E-state index contributed by atoms with van der Waals surface area (Å²) >= 11 is 0. The van der Waals surface area contributed by atoms with Crippen molar-refractivity contribution in [2.45, 2.75) is 26.4 Å². The Labute approximate surface area is 140 Å². The van der Waals surface area contributed by atoms with Gasteiger partial charge in [0.25, 0.3) is 0 Å². The number of hydrogen-bond acceptors (Lipinski definition) is 6. The number of ether oxygens (including phenoxy) is 1. The average Bonchev–Trinajstić information content (AvgIpc) is 3.18. The van der Waals surface area contributed by atoms with Crippen molar-refractivity contribution in [3.05, 3.63) is 18.5 Å². The fourth-order valence-electron chi connectivity index (χ4n) is 3.54. The molecule has 0 aliphatic carbocycles. The molecule has 0 radical (unpaired) electrons. The molecule has 1 amide bonds. The second kappa shape index (κ2) is 5.32. The van der Waals surface area contributed by atoms with E-state index in [1.165, 1.54) is 0 Å². The second-order valence-corrected chi connectivity index (χ2v) is 7.64. The minimum atomic E-state index is -0.445. The molecule has 24 heavy (non-hydrogen) atoms. The van der Waals surface area contributed by atoms with Gasteiger partial charge in [-0.3, -0.25) is 0 Å². The van der Waals surface area contributed by atoms with Crippen LogP contribution in [0.25, 0.3) is 5.65 Å². The summed E-state index contributed by atoms with van der Waals surface area (Å²) < 4.78 is 7.17. The molecule has 2 unspecified atom stereocenters. The summed E-state index contributed by atoms with van der Waals surface area (Å²) in [5, 5.41) is 12.4. The summed E-state index contributed by atoms with van der Waals surface area (Å²) in [6.45, 7) is 9.02. The van der Waals surface area contributed by atoms with E-state index in [9.17, 15) is 4.79 Å². The van der Waals surface area contributed by atoms with Gasteiger partial charge in [0.2, 0.25) is 0 Å². The maximum Gasteiger partial charge on any atom is 0.410 e. The van der Waals surface area contributed by atoms with Crippen LogP contribution in [0.15, 0.2) is 18.5 Å². The van der Waals surface area contributed by atoms with Gasteiger partial charge in [0.1, 0.15) is 17.7 Å². The van der Waals surface area contributed by atoms with Crippen molar-refractivity contribution >= 4 is 17.6 Å². The van der Waals surface area contributed by atoms with Crippen molar-refractivity contribution in [3.8, 4) is 0 Å². The SMILES string of the molecule is CC(C)(C)OC(=O)N1CC2CN(c3ccc4nncn4n3)CC2C1. The number of amides is 1. The van der Waals surface area contributed by atoms with Crippen LogP contribution < -0.4 is 4.90 Å². The Morgan fingerprint density at radius 2 is 1.88 bits per heavy atom. The largest absolute Gasteiger partial charge is 0.444 e. The van der Waals surface area contributed by atoms with Crippen LogP contribution >= 0.6 is 0 Å². The number of carbonyl (C=O) groups excluding carboxylic acids is 1. The molecule has 2 atom stereocenters. The lowest BCUT2D eigenvalue weighted by Crippen LogP contribution is -2.37. The third-order valence-electron chi connectivity index (χ3n) is 4.61. The zero-order valence-corrected chi connectivity index (χ0v) is 14.2. The Morgan fingerprint density at radius 1 is 1.17 bits per heavy atom. The molecule has 2 fully saturated rings. The van der Waals surface area contributed by atoms with Gasteiger partial charge in [-0.25, -0.2) is 4.79 Å². The lowest BCUT2D eigenvalue weighted by Gasteiger charge is -2.26. The Kier molecular flexibility index (Phi) is 3.36. The van der Waals surface area contributed by atoms with Crippen molar-refractivity contribution in [1.29, 1.82) is 0 Å². The molecule has 8 heteroatoms. The highest BCUT2D eigenvalue weighted by atomic mass is 16.6. The second-order valence-electron chi connectivity index (χ2n) is 7.64. The van der Waals surface area contributed by atoms with Crippen LogP contribution in [0.1, 0.15) is 20.8 Å². The zero-order valence-electron chi connectivity index (χ0n) is 14.2. The van der Waals surface area contributed by atoms with Gasteiger partial charge in [-0.2, -0.15) is 4.52 Å². The van der Waals surface area contributed by atoms with E-state index in [-0.39, 0.29) is 6.09 Å². The number of hydrogen-bond donors (Lipinski definition) is 0. The number of anilines is 1. The molecule has 4 heterocycles. The summed E-state index contributed by atoms with van der Waals surface area (Å²) in [7, 11) is 0. The number of rotatable bonds is 1. The first-order valence-corrected chi connectivity index (χ1v) is 8.29. The van der Waals surface area contributed by atoms with E-state index in [2.05, 4.69) is 20.2 Å². The molecule has 0 N–H and O–H groups in total. The van der Waals surface area contributed by atoms with Gasteiger partial charge < -0.3 is 14.5 Å². The van der Waals surface area contributed by atoms with Gasteiger partial charge in [0.05, 0.1) is 0 Å². The van der Waals surface area contributed by atoms with E-state index in [0.717, 1.165) is 37.6 Å². The molecule has 2 aliphatic heterocycles. The highest BCUT2D eigenvalue weighted by Gasteiger charge is 2.43. The van der Waals surface area contributed by atoms with Crippen LogP contribution in [-0.2, 0) is 4.74 Å². The highest BCUT2D eigenvalue weighted by molar-refractivity contribution is 5.68. The van der Waals surface area contributed by atoms with E-state index in [1.54, 1.807) is 10.8 Å². The summed E-state index contributed by atoms with van der Waals surface area (Å²) in [6, 6.07) is 3.91. The van der Waals surface area contributed by atoms with Crippen molar-refractivity contribution in [3.63, 3.8) is 0 Å². The van der Waals surface area contributed by atoms with Crippen molar-refractivity contribution in [2.75, 3.05) is 31.1 Å². The predicted octanol–water partition coefficient (Wildman–Crippen LogP) is 1.43. The lowest BCUT2D eigenvalue weighted by molar-refractivity contribution is 0.0282. The maximum absolute atomic E-state index is 12.2. The number of nitrogens with zero attached hydrogens (tertiary/aromatic N) is 6. The molecule has 2 aromatic rings. The van der Waals surface area contributed by atoms with Gasteiger partial charge in [0.15, 0.2) is 5.65 Å². The number of likely N-dealkylation sites (tertiary alicyclic amines) is 1. The van der Waals surface area contributed by atoms with E-state index < -0.39 is 5.60 Å². The third kappa shape index (κ3) is 2.76. The fourth-order valence-corrected chi connectivity index (χ4v) is 3.54. The van der Waals surface area contributed by atoms with E-state index in [0.29, 0.717) is 11.8 Å². The lowest BCUT2D eigenvalue weighted by atomic mass is 10.0. The van der Waals surface area contributed by atoms with Crippen LogP contribution in [0.2, 0.25) is 0 Å². The molecule has 0 saturated carbocycles. The Hall–Kier alpha value is -2.38. The summed E-state index contributed by atoms with van der Waals surface area (Å²) in [5.74, 6) is 1.87. The minimum Gasteiger partial charge on any atom is -0.444 e. The van der Waals surface area contributed by atoms with Crippen molar-refractivity contribution in [1.82, 2.24) is 24.7 Å². The molecule has 4 rings (SSSR count). The standard InChI is InChI=1S/C16H22N6O2/c1-16(2,3)24-15(23)21-8-11-6-20(7-12(11)9-21)14-5-4-13-18-17-10-22(13)19-14/h4-5,10-12H,6-9H2,1-3H3. The zero-order chi connectivity index (χ0) is 16.9. The molecule has 2 aromatic heterocycles. The number of carbonyl (C=O) groups is 1. The first-order chi connectivity index (χ1) is 11.4. The van der Waals surface area contributed by atoms with Crippen LogP contribution in [0.5, 0.6) is 0 Å². The molecular weight excluding hydrogens is 308 g/mol. The smallest absolute Gasteiger partial charge is 0.410 e. The van der Waals surface area contributed by atoms with Crippen LogP contribution in [0, 0.1) is 11.8 Å². The number of aromatic nitrogens is 4. The average molecular weight is 330 g/mol. The third-order valence-corrected chi connectivity index (χ3v) is 4.61. The topological polar surface area (TPSA) is 75.9 Å². The molecular formula is C16H22N6O2. The first kappa shape index (κ1) is 15.2. The Bertz CT molecular complexity index is 753. The maximum atomic E-state index is 12.2. The molecule has 2 saturated heterocycles. The van der Waals surface area contributed by atoms with Gasteiger partial charge in [-0.1, -0.05) is 0 Å². The number of fused-ring (bicyclic) bond motifs is 2. The molecule has 0 bridgehead atoms. The van der Waals surface area contributed by atoms with Crippen LogP contribution in [0.4, 0.5) is 10.6 Å². The summed E-state index contributed by atoms with van der Waals surface area (Å²) in [6.07, 6.45) is 1.41. The van der Waals surface area contributed by atoms with Crippen molar-refractivity contribution < 1.29 is 9.53 Å². The van der Waals surface area contributed by atoms with E-state index in [1.807, 2.05) is 37.8 Å². The summed E-state index contributed by atoms with van der Waals surface area (Å²) in [5.41, 5.74) is 0.299. The molecule has 0 aromatic carbocycles. The normalized spacial score (nSPS) is 23.8. The highest BCUT2D eigenvalue weighted by Crippen LogP contribution is 2.33. The van der Waals surface area contributed by atoms with Gasteiger partial charge in [0, 0.05) is 38.0 Å². The molecule has 8 nitrogen and oxygen atoms in total. The first-order valence-electron chi connectivity index (χ1n) is 8.29. The minimum absolute atomic E-state index is 0.201.